The van der Waals surface area contributed by atoms with E-state index in [2.05, 4.69) is 31.2 Å². The van der Waals surface area contributed by atoms with Crippen molar-refractivity contribution in [3.8, 4) is 11.5 Å². The molecule has 0 fully saturated rings. The molecule has 0 radical (unpaired) electrons. The molecule has 6 nitrogen and oxygen atoms in total. The van der Waals surface area contributed by atoms with Crippen molar-refractivity contribution in [2.45, 2.75) is 40.0 Å². The van der Waals surface area contributed by atoms with Gasteiger partial charge in [0.2, 0.25) is 0 Å². The van der Waals surface area contributed by atoms with Crippen LogP contribution in [0.5, 0.6) is 11.5 Å². The zero-order chi connectivity index (χ0) is 22.4. The minimum atomic E-state index is -0.159. The molecule has 0 saturated heterocycles. The predicted octanol–water partition coefficient (Wildman–Crippen LogP) is 4.97. The molecular weight excluding hydrogens is 414 g/mol. The highest BCUT2D eigenvalue weighted by atomic mass is 35.5. The molecule has 1 amide bonds. The van der Waals surface area contributed by atoms with Gasteiger partial charge in [0.1, 0.15) is 18.1 Å². The average Bonchev–Trinajstić information content (AvgIpc) is 3.25. The summed E-state index contributed by atoms with van der Waals surface area (Å²) in [4.78, 5) is 13.1. The number of carbonyl (C=O) groups is 1. The SMILES string of the molecule is COc1ccc(C(=O)N[C@H](Cn2cccn2)C(C)(C)C)cc1COc1ccccc1Cl. The monoisotopic (exact) mass is 441 g/mol. The number of nitrogens with one attached hydrogen (secondary N) is 1. The largest absolute Gasteiger partial charge is 0.496 e. The van der Waals surface area contributed by atoms with Gasteiger partial charge in [-0.1, -0.05) is 44.5 Å². The molecule has 3 rings (SSSR count). The molecule has 1 heterocycles. The van der Waals surface area contributed by atoms with E-state index in [-0.39, 0.29) is 24.0 Å². The average molecular weight is 442 g/mol. The van der Waals surface area contributed by atoms with Crippen LogP contribution in [-0.2, 0) is 13.2 Å². The molecule has 0 spiro atoms. The summed E-state index contributed by atoms with van der Waals surface area (Å²) >= 11 is 6.18. The maximum absolute atomic E-state index is 13.1. The molecule has 1 N–H and O–H groups in total. The number of halogens is 1. The second-order valence-electron chi connectivity index (χ2n) is 8.37. The molecule has 7 heteroatoms. The summed E-state index contributed by atoms with van der Waals surface area (Å²) in [6, 6.07) is 14.4. The zero-order valence-corrected chi connectivity index (χ0v) is 19.0. The van der Waals surface area contributed by atoms with Gasteiger partial charge in [-0.2, -0.15) is 5.10 Å². The third-order valence-corrected chi connectivity index (χ3v) is 5.35. The van der Waals surface area contributed by atoms with Crippen LogP contribution in [0.1, 0.15) is 36.7 Å². The Morgan fingerprint density at radius 1 is 1.16 bits per heavy atom. The summed E-state index contributed by atoms with van der Waals surface area (Å²) in [6.45, 7) is 7.10. The summed E-state index contributed by atoms with van der Waals surface area (Å²) < 4.78 is 13.1. The van der Waals surface area contributed by atoms with Gasteiger partial charge < -0.3 is 14.8 Å². The number of nitrogens with zero attached hydrogens (tertiary/aromatic N) is 2. The number of hydrogen-bond donors (Lipinski definition) is 1. The molecule has 0 aliphatic rings. The Labute approximate surface area is 188 Å². The lowest BCUT2D eigenvalue weighted by Crippen LogP contribution is -2.46. The van der Waals surface area contributed by atoms with E-state index in [1.54, 1.807) is 43.6 Å². The lowest BCUT2D eigenvalue weighted by molar-refractivity contribution is 0.0890. The third kappa shape index (κ3) is 6.01. The van der Waals surface area contributed by atoms with E-state index in [4.69, 9.17) is 21.1 Å². The molecule has 31 heavy (non-hydrogen) atoms. The maximum atomic E-state index is 13.1. The first-order chi connectivity index (χ1) is 14.8. The Balaban J connectivity index is 1.77. The topological polar surface area (TPSA) is 65.4 Å². The normalized spacial score (nSPS) is 12.3. The van der Waals surface area contributed by atoms with Crippen LogP contribution in [0, 0.1) is 5.41 Å². The zero-order valence-electron chi connectivity index (χ0n) is 18.3. The summed E-state index contributed by atoms with van der Waals surface area (Å²) in [7, 11) is 1.59. The minimum absolute atomic E-state index is 0.107. The summed E-state index contributed by atoms with van der Waals surface area (Å²) in [5.74, 6) is 1.06. The number of hydrogen-bond acceptors (Lipinski definition) is 4. The second-order valence-corrected chi connectivity index (χ2v) is 8.77. The van der Waals surface area contributed by atoms with Crippen molar-refractivity contribution >= 4 is 17.5 Å². The predicted molar refractivity (Wildman–Crippen MR) is 122 cm³/mol. The number of para-hydroxylation sites is 1. The van der Waals surface area contributed by atoms with Crippen molar-refractivity contribution in [1.82, 2.24) is 15.1 Å². The number of amides is 1. The second kappa shape index (κ2) is 9.88. The van der Waals surface area contributed by atoms with Gasteiger partial charge in [0.05, 0.1) is 24.7 Å². The molecule has 0 aliphatic heterocycles. The van der Waals surface area contributed by atoms with E-state index in [9.17, 15) is 4.79 Å². The fourth-order valence-corrected chi connectivity index (χ4v) is 3.31. The van der Waals surface area contributed by atoms with Crippen molar-refractivity contribution in [3.63, 3.8) is 0 Å². The first kappa shape index (κ1) is 22.7. The van der Waals surface area contributed by atoms with Crippen LogP contribution < -0.4 is 14.8 Å². The summed E-state index contributed by atoms with van der Waals surface area (Å²) in [5.41, 5.74) is 1.15. The van der Waals surface area contributed by atoms with Gasteiger partial charge in [0.25, 0.3) is 5.91 Å². The van der Waals surface area contributed by atoms with Gasteiger partial charge in [0.15, 0.2) is 0 Å². The van der Waals surface area contributed by atoms with Gasteiger partial charge in [-0.15, -0.1) is 0 Å². The quantitative estimate of drug-likeness (QED) is 0.536. The molecule has 0 saturated carbocycles. The van der Waals surface area contributed by atoms with E-state index in [0.717, 1.165) is 5.56 Å². The molecule has 2 aromatic carbocycles. The highest BCUT2D eigenvalue weighted by molar-refractivity contribution is 6.32. The fraction of sp³-hybridized carbons (Fsp3) is 0.333. The van der Waals surface area contributed by atoms with Gasteiger partial charge in [0, 0.05) is 23.5 Å². The van der Waals surface area contributed by atoms with Gasteiger partial charge in [-0.05, 0) is 41.8 Å². The number of rotatable bonds is 8. The van der Waals surface area contributed by atoms with Crippen LogP contribution in [0.4, 0.5) is 0 Å². The van der Waals surface area contributed by atoms with Crippen LogP contribution in [0.25, 0.3) is 0 Å². The summed E-state index contributed by atoms with van der Waals surface area (Å²) in [6.07, 6.45) is 3.62. The van der Waals surface area contributed by atoms with E-state index < -0.39 is 0 Å². The minimum Gasteiger partial charge on any atom is -0.496 e. The van der Waals surface area contributed by atoms with Crippen molar-refractivity contribution in [2.75, 3.05) is 7.11 Å². The lowest BCUT2D eigenvalue weighted by atomic mass is 9.86. The van der Waals surface area contributed by atoms with Crippen LogP contribution in [0.3, 0.4) is 0 Å². The van der Waals surface area contributed by atoms with Gasteiger partial charge in [-0.25, -0.2) is 0 Å². The van der Waals surface area contributed by atoms with E-state index in [0.29, 0.717) is 28.6 Å². The third-order valence-electron chi connectivity index (χ3n) is 5.04. The molecule has 1 aromatic heterocycles. The number of carbonyl (C=O) groups excluding carboxylic acids is 1. The fourth-order valence-electron chi connectivity index (χ4n) is 3.12. The number of methoxy groups -OCH3 is 1. The van der Waals surface area contributed by atoms with E-state index in [1.807, 2.05) is 29.1 Å². The van der Waals surface area contributed by atoms with E-state index >= 15 is 0 Å². The van der Waals surface area contributed by atoms with Crippen molar-refractivity contribution in [2.24, 2.45) is 5.41 Å². The molecule has 0 bridgehead atoms. The van der Waals surface area contributed by atoms with Crippen LogP contribution in [-0.4, -0.2) is 28.8 Å². The first-order valence-electron chi connectivity index (χ1n) is 10.1. The Hall–Kier alpha value is -2.99. The highest BCUT2D eigenvalue weighted by Gasteiger charge is 2.27. The molecule has 3 aromatic rings. The van der Waals surface area contributed by atoms with Gasteiger partial charge >= 0.3 is 0 Å². The molecule has 0 aliphatic carbocycles. The summed E-state index contributed by atoms with van der Waals surface area (Å²) in [5, 5.41) is 7.95. The molecule has 0 unspecified atom stereocenters. The molecule has 164 valence electrons. The first-order valence-corrected chi connectivity index (χ1v) is 10.5. The Bertz CT molecular complexity index is 1010. The smallest absolute Gasteiger partial charge is 0.251 e. The van der Waals surface area contributed by atoms with Crippen LogP contribution in [0.15, 0.2) is 60.9 Å². The highest BCUT2D eigenvalue weighted by Crippen LogP contribution is 2.27. The Kier molecular flexibility index (Phi) is 7.23. The number of ether oxygens (including phenoxy) is 2. The molecular formula is C24H28ClN3O3. The van der Waals surface area contributed by atoms with Crippen LogP contribution in [0.2, 0.25) is 5.02 Å². The number of benzene rings is 2. The van der Waals surface area contributed by atoms with E-state index in [1.165, 1.54) is 0 Å². The standard InChI is InChI=1S/C24H28ClN3O3/c1-24(2,3)22(15-28-13-7-12-26-28)27-23(29)17-10-11-20(30-4)18(14-17)16-31-21-9-6-5-8-19(21)25/h5-14,22H,15-16H2,1-4H3,(H,27,29)/t22-/m1/s1. The van der Waals surface area contributed by atoms with Crippen molar-refractivity contribution in [3.05, 3.63) is 77.1 Å². The maximum Gasteiger partial charge on any atom is 0.251 e. The number of aromatic nitrogens is 2. The Morgan fingerprint density at radius 2 is 1.94 bits per heavy atom. The lowest BCUT2D eigenvalue weighted by Gasteiger charge is -2.31. The molecule has 1 atom stereocenters. The van der Waals surface area contributed by atoms with Gasteiger partial charge in [-0.3, -0.25) is 9.48 Å². The Morgan fingerprint density at radius 3 is 2.58 bits per heavy atom. The van der Waals surface area contributed by atoms with Crippen molar-refractivity contribution in [1.29, 1.82) is 0 Å². The van der Waals surface area contributed by atoms with Crippen molar-refractivity contribution < 1.29 is 14.3 Å². The van der Waals surface area contributed by atoms with Crippen LogP contribution >= 0.6 is 11.6 Å².